The van der Waals surface area contributed by atoms with Crippen LogP contribution in [0.4, 0.5) is 5.69 Å². The zero-order valence-electron chi connectivity index (χ0n) is 18.7. The standard InChI is InChI=1S/C26H22N6OS/c1-17-8-3-4-13-23(17)32-24(19-9-6-14-27-16-19)30-31-26(32)34-18(2)25(33)29-22-12-5-11-21-20(22)10-7-15-28-21/h3-16,18H,1-2H3,(H,29,33). The Morgan fingerprint density at radius 2 is 1.82 bits per heavy atom. The van der Waals surface area contributed by atoms with Gasteiger partial charge in [0.1, 0.15) is 0 Å². The molecule has 3 aromatic heterocycles. The maximum absolute atomic E-state index is 13.1. The SMILES string of the molecule is Cc1ccccc1-n1c(SC(C)C(=O)Nc2cccc3ncccc23)nnc1-c1cccnc1. The van der Waals surface area contributed by atoms with E-state index in [0.717, 1.165) is 33.4 Å². The van der Waals surface area contributed by atoms with E-state index in [9.17, 15) is 4.79 Å². The van der Waals surface area contributed by atoms with Crippen molar-refractivity contribution >= 4 is 34.3 Å². The summed E-state index contributed by atoms with van der Waals surface area (Å²) >= 11 is 1.36. The molecule has 5 rings (SSSR count). The van der Waals surface area contributed by atoms with Gasteiger partial charge in [-0.1, -0.05) is 36.0 Å². The van der Waals surface area contributed by atoms with Gasteiger partial charge < -0.3 is 5.32 Å². The topological polar surface area (TPSA) is 85.6 Å². The lowest BCUT2D eigenvalue weighted by molar-refractivity contribution is -0.115. The number of aryl methyl sites for hydroxylation is 1. The number of thioether (sulfide) groups is 1. The Labute approximate surface area is 201 Å². The summed E-state index contributed by atoms with van der Waals surface area (Å²) in [5.74, 6) is 0.557. The first-order chi connectivity index (χ1) is 16.6. The molecule has 0 saturated heterocycles. The zero-order chi connectivity index (χ0) is 23.5. The number of amides is 1. The molecule has 7 nitrogen and oxygen atoms in total. The van der Waals surface area contributed by atoms with Gasteiger partial charge in [0, 0.05) is 29.5 Å². The van der Waals surface area contributed by atoms with E-state index in [2.05, 4.69) is 25.5 Å². The van der Waals surface area contributed by atoms with Crippen molar-refractivity contribution in [3.8, 4) is 17.1 Å². The van der Waals surface area contributed by atoms with Gasteiger partial charge in [-0.15, -0.1) is 10.2 Å². The highest BCUT2D eigenvalue weighted by Gasteiger charge is 2.23. The molecule has 3 heterocycles. The monoisotopic (exact) mass is 466 g/mol. The lowest BCUT2D eigenvalue weighted by Gasteiger charge is -2.16. The third kappa shape index (κ3) is 4.27. The van der Waals surface area contributed by atoms with E-state index < -0.39 is 5.25 Å². The van der Waals surface area contributed by atoms with Gasteiger partial charge in [0.25, 0.3) is 0 Å². The molecule has 1 N–H and O–H groups in total. The first kappa shape index (κ1) is 21.8. The van der Waals surface area contributed by atoms with Crippen LogP contribution in [0, 0.1) is 6.92 Å². The summed E-state index contributed by atoms with van der Waals surface area (Å²) in [6.45, 7) is 3.91. The highest BCUT2D eigenvalue weighted by Crippen LogP contribution is 2.32. The number of benzene rings is 2. The van der Waals surface area contributed by atoms with Crippen LogP contribution in [0.3, 0.4) is 0 Å². The second-order valence-electron chi connectivity index (χ2n) is 7.79. The Balaban J connectivity index is 1.46. The fourth-order valence-electron chi connectivity index (χ4n) is 3.72. The minimum atomic E-state index is -0.416. The molecular formula is C26H22N6OS. The number of aromatic nitrogens is 5. The van der Waals surface area contributed by atoms with Gasteiger partial charge in [-0.3, -0.25) is 19.3 Å². The number of nitrogens with one attached hydrogen (secondary N) is 1. The Bertz CT molecular complexity index is 1460. The molecule has 0 bridgehead atoms. The van der Waals surface area contributed by atoms with Crippen molar-refractivity contribution in [3.63, 3.8) is 0 Å². The van der Waals surface area contributed by atoms with Crippen LogP contribution >= 0.6 is 11.8 Å². The molecule has 1 unspecified atom stereocenters. The van der Waals surface area contributed by atoms with E-state index >= 15 is 0 Å². The van der Waals surface area contributed by atoms with Gasteiger partial charge in [-0.2, -0.15) is 0 Å². The van der Waals surface area contributed by atoms with Crippen molar-refractivity contribution in [3.05, 3.63) is 90.9 Å². The molecule has 5 aromatic rings. The smallest absolute Gasteiger partial charge is 0.237 e. The number of hydrogen-bond acceptors (Lipinski definition) is 6. The molecule has 8 heteroatoms. The van der Waals surface area contributed by atoms with Crippen LogP contribution in [-0.2, 0) is 4.79 Å². The molecule has 0 radical (unpaired) electrons. The van der Waals surface area contributed by atoms with Crippen LogP contribution in [0.5, 0.6) is 0 Å². The van der Waals surface area contributed by atoms with Crippen molar-refractivity contribution in [1.29, 1.82) is 0 Å². The van der Waals surface area contributed by atoms with Gasteiger partial charge >= 0.3 is 0 Å². The van der Waals surface area contributed by atoms with E-state index in [1.54, 1.807) is 18.6 Å². The molecule has 0 spiro atoms. The zero-order valence-corrected chi connectivity index (χ0v) is 19.5. The van der Waals surface area contributed by atoms with Gasteiger partial charge in [0.05, 0.1) is 22.1 Å². The number of carbonyl (C=O) groups excluding carboxylic acids is 1. The summed E-state index contributed by atoms with van der Waals surface area (Å²) < 4.78 is 1.99. The third-order valence-electron chi connectivity index (χ3n) is 5.46. The van der Waals surface area contributed by atoms with E-state index in [0.29, 0.717) is 11.0 Å². The van der Waals surface area contributed by atoms with Crippen LogP contribution in [-0.4, -0.2) is 35.9 Å². The van der Waals surface area contributed by atoms with Gasteiger partial charge in [0.2, 0.25) is 5.91 Å². The molecule has 1 atom stereocenters. The fourth-order valence-corrected chi connectivity index (χ4v) is 4.58. The fraction of sp³-hybridized carbons (Fsp3) is 0.115. The van der Waals surface area contributed by atoms with Crippen LogP contribution in [0.15, 0.2) is 90.5 Å². The van der Waals surface area contributed by atoms with Crippen LogP contribution in [0.2, 0.25) is 0 Å². The van der Waals surface area contributed by atoms with Gasteiger partial charge in [-0.25, -0.2) is 0 Å². The van der Waals surface area contributed by atoms with Gasteiger partial charge in [0.15, 0.2) is 11.0 Å². The van der Waals surface area contributed by atoms with Crippen LogP contribution in [0.25, 0.3) is 28.0 Å². The number of carbonyl (C=O) groups is 1. The molecule has 1 amide bonds. The molecule has 0 aliphatic carbocycles. The molecule has 0 aliphatic rings. The third-order valence-corrected chi connectivity index (χ3v) is 6.51. The average molecular weight is 467 g/mol. The quantitative estimate of drug-likeness (QED) is 0.342. The maximum atomic E-state index is 13.1. The number of hydrogen-bond donors (Lipinski definition) is 1. The molecule has 0 fully saturated rings. The normalized spacial score (nSPS) is 11.9. The second kappa shape index (κ2) is 9.44. The Kier molecular flexibility index (Phi) is 6.05. The molecular weight excluding hydrogens is 444 g/mol. The number of rotatable bonds is 6. The molecule has 2 aromatic carbocycles. The van der Waals surface area contributed by atoms with Crippen molar-refractivity contribution in [2.45, 2.75) is 24.3 Å². The minimum absolute atomic E-state index is 0.122. The summed E-state index contributed by atoms with van der Waals surface area (Å²) in [4.78, 5) is 21.7. The number of anilines is 1. The van der Waals surface area contributed by atoms with Crippen LogP contribution < -0.4 is 5.32 Å². The number of fused-ring (bicyclic) bond motifs is 1. The number of nitrogens with zero attached hydrogens (tertiary/aromatic N) is 5. The van der Waals surface area contributed by atoms with E-state index in [1.807, 2.05) is 85.1 Å². The maximum Gasteiger partial charge on any atom is 0.237 e. The number of pyridine rings is 2. The Morgan fingerprint density at radius 3 is 2.65 bits per heavy atom. The second-order valence-corrected chi connectivity index (χ2v) is 9.10. The van der Waals surface area contributed by atoms with Crippen molar-refractivity contribution in [1.82, 2.24) is 24.7 Å². The summed E-state index contributed by atoms with van der Waals surface area (Å²) in [5, 5.41) is 13.1. The Hall–Kier alpha value is -4.04. The lowest BCUT2D eigenvalue weighted by Crippen LogP contribution is -2.23. The summed E-state index contributed by atoms with van der Waals surface area (Å²) in [5.41, 5.74) is 4.46. The number of para-hydroxylation sites is 1. The molecule has 168 valence electrons. The largest absolute Gasteiger partial charge is 0.324 e. The summed E-state index contributed by atoms with van der Waals surface area (Å²) in [7, 11) is 0. The van der Waals surface area contributed by atoms with E-state index in [-0.39, 0.29) is 5.91 Å². The summed E-state index contributed by atoms with van der Waals surface area (Å²) in [6.07, 6.45) is 5.23. The highest BCUT2D eigenvalue weighted by atomic mass is 32.2. The van der Waals surface area contributed by atoms with Gasteiger partial charge in [-0.05, 0) is 61.9 Å². The molecule has 0 aliphatic heterocycles. The Morgan fingerprint density at radius 1 is 0.971 bits per heavy atom. The lowest BCUT2D eigenvalue weighted by atomic mass is 10.2. The predicted molar refractivity (Wildman–Crippen MR) is 135 cm³/mol. The minimum Gasteiger partial charge on any atom is -0.324 e. The van der Waals surface area contributed by atoms with E-state index in [4.69, 9.17) is 0 Å². The predicted octanol–water partition coefficient (Wildman–Crippen LogP) is 5.31. The molecule has 0 saturated carbocycles. The van der Waals surface area contributed by atoms with Crippen molar-refractivity contribution in [2.75, 3.05) is 5.32 Å². The first-order valence-electron chi connectivity index (χ1n) is 10.8. The first-order valence-corrected chi connectivity index (χ1v) is 11.7. The average Bonchev–Trinajstić information content (AvgIpc) is 3.28. The van der Waals surface area contributed by atoms with Crippen molar-refractivity contribution in [2.24, 2.45) is 0 Å². The van der Waals surface area contributed by atoms with E-state index in [1.165, 1.54) is 11.8 Å². The molecule has 34 heavy (non-hydrogen) atoms. The van der Waals surface area contributed by atoms with Crippen LogP contribution in [0.1, 0.15) is 12.5 Å². The summed E-state index contributed by atoms with van der Waals surface area (Å²) in [6, 6.07) is 21.4. The highest BCUT2D eigenvalue weighted by molar-refractivity contribution is 8.00. The van der Waals surface area contributed by atoms with Crippen molar-refractivity contribution < 1.29 is 4.79 Å².